The van der Waals surface area contributed by atoms with E-state index in [0.717, 1.165) is 18.8 Å². The third-order valence-electron chi connectivity index (χ3n) is 3.79. The molecular formula is C18H27N3. The van der Waals surface area contributed by atoms with Gasteiger partial charge in [-0.25, -0.2) is 0 Å². The Kier molecular flexibility index (Phi) is 5.18. The summed E-state index contributed by atoms with van der Waals surface area (Å²) < 4.78 is 2.05. The second-order valence-corrected chi connectivity index (χ2v) is 6.03. The van der Waals surface area contributed by atoms with E-state index in [2.05, 4.69) is 69.4 Å². The first-order valence-electron chi connectivity index (χ1n) is 7.89. The Balaban J connectivity index is 2.32. The van der Waals surface area contributed by atoms with Crippen LogP contribution in [0.25, 0.3) is 11.1 Å². The largest absolute Gasteiger partial charge is 0.313 e. The van der Waals surface area contributed by atoms with Gasteiger partial charge in [0.1, 0.15) is 0 Å². The van der Waals surface area contributed by atoms with Crippen LogP contribution in [0.5, 0.6) is 0 Å². The summed E-state index contributed by atoms with van der Waals surface area (Å²) in [6.45, 7) is 12.8. The Bertz CT molecular complexity index is 597. The van der Waals surface area contributed by atoms with Gasteiger partial charge in [0.2, 0.25) is 0 Å². The van der Waals surface area contributed by atoms with Gasteiger partial charge in [0.25, 0.3) is 0 Å². The molecule has 0 aliphatic heterocycles. The van der Waals surface area contributed by atoms with E-state index in [1.54, 1.807) is 0 Å². The van der Waals surface area contributed by atoms with Crippen molar-refractivity contribution >= 4 is 0 Å². The molecule has 2 aromatic rings. The number of hydrogen-bond donors (Lipinski definition) is 1. The van der Waals surface area contributed by atoms with Gasteiger partial charge >= 0.3 is 0 Å². The zero-order valence-corrected chi connectivity index (χ0v) is 13.9. The van der Waals surface area contributed by atoms with Crippen LogP contribution >= 0.6 is 0 Å². The fourth-order valence-corrected chi connectivity index (χ4v) is 2.49. The van der Waals surface area contributed by atoms with Crippen molar-refractivity contribution in [3.63, 3.8) is 0 Å². The molecule has 0 amide bonds. The van der Waals surface area contributed by atoms with Crippen LogP contribution in [0.3, 0.4) is 0 Å². The van der Waals surface area contributed by atoms with Crippen molar-refractivity contribution in [2.75, 3.05) is 6.54 Å². The quantitative estimate of drug-likeness (QED) is 0.804. The lowest BCUT2D eigenvalue weighted by Crippen LogP contribution is -2.13. The van der Waals surface area contributed by atoms with Gasteiger partial charge in [-0.3, -0.25) is 4.68 Å². The molecule has 2 rings (SSSR count). The number of nitrogens with one attached hydrogen (secondary N) is 1. The molecule has 0 aliphatic carbocycles. The second kappa shape index (κ2) is 6.90. The molecule has 114 valence electrons. The highest BCUT2D eigenvalue weighted by Gasteiger charge is 2.11. The van der Waals surface area contributed by atoms with Crippen LogP contribution in [0.1, 0.15) is 50.1 Å². The lowest BCUT2D eigenvalue weighted by molar-refractivity contribution is 0.529. The number of nitrogens with zero attached hydrogens (tertiary/aromatic N) is 2. The van der Waals surface area contributed by atoms with E-state index < -0.39 is 0 Å². The summed E-state index contributed by atoms with van der Waals surface area (Å²) in [5.74, 6) is 0. The van der Waals surface area contributed by atoms with Gasteiger partial charge in [0.15, 0.2) is 0 Å². The molecule has 1 heterocycles. The van der Waals surface area contributed by atoms with E-state index in [1.165, 1.54) is 28.7 Å². The maximum atomic E-state index is 4.63. The number of aryl methyl sites for hydroxylation is 2. The zero-order chi connectivity index (χ0) is 15.4. The van der Waals surface area contributed by atoms with Crippen LogP contribution in [0.15, 0.2) is 24.4 Å². The monoisotopic (exact) mass is 285 g/mol. The van der Waals surface area contributed by atoms with Crippen LogP contribution < -0.4 is 5.32 Å². The Morgan fingerprint density at radius 2 is 1.95 bits per heavy atom. The molecule has 0 fully saturated rings. The van der Waals surface area contributed by atoms with E-state index in [9.17, 15) is 0 Å². The van der Waals surface area contributed by atoms with Crippen LogP contribution in [-0.2, 0) is 6.54 Å². The topological polar surface area (TPSA) is 29.9 Å². The van der Waals surface area contributed by atoms with Crippen molar-refractivity contribution in [2.45, 2.75) is 53.6 Å². The molecule has 0 unspecified atom stereocenters. The van der Waals surface area contributed by atoms with Gasteiger partial charge in [0, 0.05) is 24.3 Å². The van der Waals surface area contributed by atoms with E-state index in [0.29, 0.717) is 6.04 Å². The number of benzene rings is 1. The van der Waals surface area contributed by atoms with E-state index >= 15 is 0 Å². The molecular weight excluding hydrogens is 258 g/mol. The highest BCUT2D eigenvalue weighted by atomic mass is 15.3. The van der Waals surface area contributed by atoms with Crippen molar-refractivity contribution < 1.29 is 0 Å². The number of hydrogen-bond acceptors (Lipinski definition) is 2. The van der Waals surface area contributed by atoms with Gasteiger partial charge in [-0.05, 0) is 63.4 Å². The minimum Gasteiger partial charge on any atom is -0.313 e. The van der Waals surface area contributed by atoms with Crippen molar-refractivity contribution in [3.8, 4) is 11.1 Å². The average Bonchev–Trinajstić information content (AvgIpc) is 2.83. The Morgan fingerprint density at radius 1 is 1.19 bits per heavy atom. The third kappa shape index (κ3) is 3.73. The predicted molar refractivity (Wildman–Crippen MR) is 89.5 cm³/mol. The Hall–Kier alpha value is -1.61. The first kappa shape index (κ1) is 15.8. The third-order valence-corrected chi connectivity index (χ3v) is 3.79. The van der Waals surface area contributed by atoms with Crippen molar-refractivity contribution in [3.05, 3.63) is 41.2 Å². The van der Waals surface area contributed by atoms with Crippen molar-refractivity contribution in [1.29, 1.82) is 0 Å². The minimum absolute atomic E-state index is 0.396. The molecule has 0 aliphatic rings. The van der Waals surface area contributed by atoms with Crippen LogP contribution in [0, 0.1) is 13.8 Å². The summed E-state index contributed by atoms with van der Waals surface area (Å²) in [5.41, 5.74) is 6.29. The molecule has 0 radical (unpaired) electrons. The van der Waals surface area contributed by atoms with Crippen LogP contribution in [0.2, 0.25) is 0 Å². The van der Waals surface area contributed by atoms with E-state index in [1.807, 2.05) is 4.68 Å². The Morgan fingerprint density at radius 3 is 2.57 bits per heavy atom. The van der Waals surface area contributed by atoms with Gasteiger partial charge in [-0.1, -0.05) is 19.1 Å². The molecule has 1 N–H and O–H groups in total. The fourth-order valence-electron chi connectivity index (χ4n) is 2.49. The van der Waals surface area contributed by atoms with Gasteiger partial charge in [-0.15, -0.1) is 0 Å². The SMILES string of the molecule is CCCNCc1ccc(C)c(-c2cn(C(C)C)nc2C)c1. The molecule has 3 heteroatoms. The summed E-state index contributed by atoms with van der Waals surface area (Å²) >= 11 is 0. The minimum atomic E-state index is 0.396. The molecule has 0 atom stereocenters. The zero-order valence-electron chi connectivity index (χ0n) is 13.9. The summed E-state index contributed by atoms with van der Waals surface area (Å²) in [5, 5.41) is 8.10. The van der Waals surface area contributed by atoms with E-state index in [-0.39, 0.29) is 0 Å². The smallest absolute Gasteiger partial charge is 0.0672 e. The normalized spacial score (nSPS) is 11.3. The highest BCUT2D eigenvalue weighted by Crippen LogP contribution is 2.28. The van der Waals surface area contributed by atoms with Crippen molar-refractivity contribution in [2.24, 2.45) is 0 Å². The maximum Gasteiger partial charge on any atom is 0.0672 e. The summed E-state index contributed by atoms with van der Waals surface area (Å²) in [4.78, 5) is 0. The van der Waals surface area contributed by atoms with Crippen molar-refractivity contribution in [1.82, 2.24) is 15.1 Å². The first-order valence-corrected chi connectivity index (χ1v) is 7.89. The molecule has 1 aromatic heterocycles. The van der Waals surface area contributed by atoms with Crippen LogP contribution in [0.4, 0.5) is 0 Å². The fraction of sp³-hybridized carbons (Fsp3) is 0.500. The molecule has 0 bridgehead atoms. The van der Waals surface area contributed by atoms with E-state index in [4.69, 9.17) is 0 Å². The lowest BCUT2D eigenvalue weighted by Gasteiger charge is -2.09. The standard InChI is InChI=1S/C18H27N3/c1-6-9-19-11-16-8-7-14(4)17(10-16)18-12-21(13(2)3)20-15(18)5/h7-8,10,12-13,19H,6,9,11H2,1-5H3. The summed E-state index contributed by atoms with van der Waals surface area (Å²) in [7, 11) is 0. The predicted octanol–water partition coefficient (Wildman–Crippen LogP) is 4.25. The van der Waals surface area contributed by atoms with Gasteiger partial charge in [0.05, 0.1) is 5.69 Å². The molecule has 0 saturated carbocycles. The van der Waals surface area contributed by atoms with Gasteiger partial charge in [-0.2, -0.15) is 5.10 Å². The number of rotatable bonds is 6. The molecule has 0 spiro atoms. The Labute approximate surface area is 128 Å². The lowest BCUT2D eigenvalue weighted by atomic mass is 9.98. The highest BCUT2D eigenvalue weighted by molar-refractivity contribution is 5.69. The molecule has 1 aromatic carbocycles. The maximum absolute atomic E-state index is 4.63. The molecule has 21 heavy (non-hydrogen) atoms. The van der Waals surface area contributed by atoms with Crippen LogP contribution in [-0.4, -0.2) is 16.3 Å². The summed E-state index contributed by atoms with van der Waals surface area (Å²) in [6.07, 6.45) is 3.34. The number of aromatic nitrogens is 2. The molecule has 0 saturated heterocycles. The second-order valence-electron chi connectivity index (χ2n) is 6.03. The average molecular weight is 285 g/mol. The first-order chi connectivity index (χ1) is 10.0. The molecule has 3 nitrogen and oxygen atoms in total. The van der Waals surface area contributed by atoms with Gasteiger partial charge < -0.3 is 5.32 Å². The summed E-state index contributed by atoms with van der Waals surface area (Å²) in [6, 6.07) is 7.12.